The third-order valence-electron chi connectivity index (χ3n) is 1.95. The van der Waals surface area contributed by atoms with E-state index in [9.17, 15) is 4.21 Å². The topological polar surface area (TPSA) is 66.9 Å². The Morgan fingerprint density at radius 1 is 1.38 bits per heavy atom. The van der Waals surface area contributed by atoms with Gasteiger partial charge in [-0.3, -0.25) is 4.21 Å². The van der Waals surface area contributed by atoms with Crippen molar-refractivity contribution in [3.8, 4) is 0 Å². The Morgan fingerprint density at radius 2 is 2.19 bits per heavy atom. The van der Waals surface area contributed by atoms with Gasteiger partial charge in [0.05, 0.1) is 0 Å². The van der Waals surface area contributed by atoms with Gasteiger partial charge in [0, 0.05) is 41.6 Å². The maximum atomic E-state index is 11.2. The molecule has 0 aliphatic heterocycles. The van der Waals surface area contributed by atoms with E-state index in [1.807, 2.05) is 13.8 Å². The van der Waals surface area contributed by atoms with Crippen molar-refractivity contribution in [1.29, 1.82) is 0 Å². The minimum atomic E-state index is -0.731. The molecule has 1 aromatic heterocycles. The predicted molar refractivity (Wildman–Crippen MR) is 68.2 cm³/mol. The Hall–Kier alpha value is -1.17. The molecule has 1 heterocycles. The zero-order valence-corrected chi connectivity index (χ0v) is 10.5. The van der Waals surface area contributed by atoms with Crippen LogP contribution in [0.3, 0.4) is 0 Å². The van der Waals surface area contributed by atoms with Crippen LogP contribution in [-0.4, -0.2) is 38.8 Å². The Bertz CT molecular complexity index is 345. The highest BCUT2D eigenvalue weighted by Crippen LogP contribution is 2.04. The monoisotopic (exact) mass is 242 g/mol. The molecule has 0 saturated carbocycles. The molecular formula is C10H18N4OS. The highest BCUT2D eigenvalue weighted by molar-refractivity contribution is 7.84. The van der Waals surface area contributed by atoms with Gasteiger partial charge < -0.3 is 10.6 Å². The second kappa shape index (κ2) is 7.16. The average Bonchev–Trinajstić information content (AvgIpc) is 2.30. The van der Waals surface area contributed by atoms with Crippen LogP contribution in [0.1, 0.15) is 13.8 Å². The fourth-order valence-corrected chi connectivity index (χ4v) is 1.76. The maximum absolute atomic E-state index is 11.2. The van der Waals surface area contributed by atoms with Gasteiger partial charge in [0.25, 0.3) is 0 Å². The lowest BCUT2D eigenvalue weighted by atomic mass is 10.5. The van der Waals surface area contributed by atoms with Crippen molar-refractivity contribution in [1.82, 2.24) is 9.97 Å². The van der Waals surface area contributed by atoms with E-state index in [0.717, 1.165) is 12.4 Å². The molecule has 5 nitrogen and oxygen atoms in total. The van der Waals surface area contributed by atoms with Crippen LogP contribution in [-0.2, 0) is 10.8 Å². The molecule has 0 fully saturated rings. The number of nitrogens with zero attached hydrogens (tertiary/aromatic N) is 2. The second-order valence-corrected chi connectivity index (χ2v) is 5.02. The highest BCUT2D eigenvalue weighted by Gasteiger charge is 1.99. The number of nitrogens with one attached hydrogen (secondary N) is 2. The third kappa shape index (κ3) is 4.57. The zero-order chi connectivity index (χ0) is 11.8. The summed E-state index contributed by atoms with van der Waals surface area (Å²) >= 11 is 0. The molecule has 0 amide bonds. The Balaban J connectivity index is 2.41. The van der Waals surface area contributed by atoms with Crippen LogP contribution in [0.15, 0.2) is 12.3 Å². The van der Waals surface area contributed by atoms with Crippen LogP contribution >= 0.6 is 0 Å². The quantitative estimate of drug-likeness (QED) is 0.749. The van der Waals surface area contributed by atoms with Gasteiger partial charge in [0.1, 0.15) is 5.82 Å². The van der Waals surface area contributed by atoms with Gasteiger partial charge in [-0.25, -0.2) is 4.98 Å². The molecule has 90 valence electrons. The van der Waals surface area contributed by atoms with E-state index >= 15 is 0 Å². The van der Waals surface area contributed by atoms with Crippen LogP contribution < -0.4 is 10.6 Å². The number of anilines is 2. The van der Waals surface area contributed by atoms with E-state index in [4.69, 9.17) is 0 Å². The van der Waals surface area contributed by atoms with Gasteiger partial charge in [-0.2, -0.15) is 4.98 Å². The first-order chi connectivity index (χ1) is 7.76. The summed E-state index contributed by atoms with van der Waals surface area (Å²) in [6.45, 7) is 5.38. The SMILES string of the molecule is CCNc1nccc(NCCS(=O)CC)n1. The molecule has 1 unspecified atom stereocenters. The number of rotatable bonds is 7. The molecule has 0 bridgehead atoms. The third-order valence-corrected chi connectivity index (χ3v) is 3.25. The zero-order valence-electron chi connectivity index (χ0n) is 9.69. The summed E-state index contributed by atoms with van der Waals surface area (Å²) in [4.78, 5) is 8.32. The van der Waals surface area contributed by atoms with Crippen molar-refractivity contribution >= 4 is 22.6 Å². The van der Waals surface area contributed by atoms with Crippen LogP contribution in [0.5, 0.6) is 0 Å². The summed E-state index contributed by atoms with van der Waals surface area (Å²) in [7, 11) is -0.731. The Labute approximate surface area is 98.5 Å². The molecule has 0 saturated heterocycles. The standard InChI is InChI=1S/C10H18N4OS/c1-3-11-10-13-6-5-9(14-10)12-7-8-16(15)4-2/h5-6H,3-4,7-8H2,1-2H3,(H2,11,12,13,14). The predicted octanol–water partition coefficient (Wildman–Crippen LogP) is 1.09. The molecule has 0 aromatic carbocycles. The van der Waals surface area contributed by atoms with E-state index in [2.05, 4.69) is 20.6 Å². The van der Waals surface area contributed by atoms with Gasteiger partial charge in [0.15, 0.2) is 0 Å². The molecule has 1 rings (SSSR count). The van der Waals surface area contributed by atoms with Crippen molar-refractivity contribution in [2.24, 2.45) is 0 Å². The van der Waals surface area contributed by atoms with Gasteiger partial charge in [0.2, 0.25) is 5.95 Å². The van der Waals surface area contributed by atoms with Crippen molar-refractivity contribution in [2.45, 2.75) is 13.8 Å². The van der Waals surface area contributed by atoms with E-state index in [1.54, 1.807) is 12.3 Å². The largest absolute Gasteiger partial charge is 0.369 e. The summed E-state index contributed by atoms with van der Waals surface area (Å²) in [6, 6.07) is 1.80. The van der Waals surface area contributed by atoms with E-state index in [0.29, 0.717) is 24.0 Å². The first-order valence-electron chi connectivity index (χ1n) is 5.42. The normalized spacial score (nSPS) is 12.1. The van der Waals surface area contributed by atoms with Crippen molar-refractivity contribution in [2.75, 3.05) is 35.2 Å². The fraction of sp³-hybridized carbons (Fsp3) is 0.600. The minimum Gasteiger partial charge on any atom is -0.369 e. The lowest BCUT2D eigenvalue weighted by Crippen LogP contribution is -2.13. The van der Waals surface area contributed by atoms with Gasteiger partial charge in [-0.15, -0.1) is 0 Å². The van der Waals surface area contributed by atoms with E-state index in [1.165, 1.54) is 0 Å². The molecule has 0 aliphatic carbocycles. The number of hydrogen-bond acceptors (Lipinski definition) is 5. The van der Waals surface area contributed by atoms with Crippen molar-refractivity contribution < 1.29 is 4.21 Å². The molecule has 0 radical (unpaired) electrons. The molecule has 2 N–H and O–H groups in total. The Kier molecular flexibility index (Phi) is 5.77. The summed E-state index contributed by atoms with van der Waals surface area (Å²) in [5.41, 5.74) is 0. The van der Waals surface area contributed by atoms with Crippen molar-refractivity contribution in [3.05, 3.63) is 12.3 Å². The lowest BCUT2D eigenvalue weighted by molar-refractivity contribution is 0.684. The average molecular weight is 242 g/mol. The summed E-state index contributed by atoms with van der Waals surface area (Å²) in [5, 5.41) is 6.16. The first-order valence-corrected chi connectivity index (χ1v) is 6.90. The van der Waals surface area contributed by atoms with Crippen LogP contribution in [0, 0.1) is 0 Å². The van der Waals surface area contributed by atoms with E-state index < -0.39 is 10.8 Å². The summed E-state index contributed by atoms with van der Waals surface area (Å²) < 4.78 is 11.2. The molecular weight excluding hydrogens is 224 g/mol. The number of aromatic nitrogens is 2. The highest BCUT2D eigenvalue weighted by atomic mass is 32.2. The molecule has 6 heteroatoms. The summed E-state index contributed by atoms with van der Waals surface area (Å²) in [6.07, 6.45) is 1.70. The molecule has 16 heavy (non-hydrogen) atoms. The van der Waals surface area contributed by atoms with Gasteiger partial charge in [-0.05, 0) is 13.0 Å². The van der Waals surface area contributed by atoms with Crippen LogP contribution in [0.25, 0.3) is 0 Å². The number of hydrogen-bond donors (Lipinski definition) is 2. The Morgan fingerprint density at radius 3 is 2.88 bits per heavy atom. The van der Waals surface area contributed by atoms with Gasteiger partial charge >= 0.3 is 0 Å². The molecule has 0 spiro atoms. The molecule has 1 atom stereocenters. The van der Waals surface area contributed by atoms with Crippen LogP contribution in [0.2, 0.25) is 0 Å². The first kappa shape index (κ1) is 12.9. The molecule has 0 aliphatic rings. The minimum absolute atomic E-state index is 0.615. The molecule has 1 aromatic rings. The smallest absolute Gasteiger partial charge is 0.224 e. The van der Waals surface area contributed by atoms with Crippen molar-refractivity contribution in [3.63, 3.8) is 0 Å². The maximum Gasteiger partial charge on any atom is 0.224 e. The van der Waals surface area contributed by atoms with Gasteiger partial charge in [-0.1, -0.05) is 6.92 Å². The van der Waals surface area contributed by atoms with Crippen LogP contribution in [0.4, 0.5) is 11.8 Å². The van der Waals surface area contributed by atoms with E-state index in [-0.39, 0.29) is 0 Å². The fourth-order valence-electron chi connectivity index (χ4n) is 1.14. The second-order valence-electron chi connectivity index (χ2n) is 3.16. The lowest BCUT2D eigenvalue weighted by Gasteiger charge is -2.06. The summed E-state index contributed by atoms with van der Waals surface area (Å²) in [5.74, 6) is 2.73.